The molecular weight excluding hydrogens is 505 g/mol. The van der Waals surface area contributed by atoms with Crippen LogP contribution in [0.2, 0.25) is 5.02 Å². The van der Waals surface area contributed by atoms with E-state index in [1.165, 1.54) is 0 Å². The first-order valence-corrected chi connectivity index (χ1v) is 9.56. The third-order valence-corrected chi connectivity index (χ3v) is 4.50. The topological polar surface area (TPSA) is 75.1 Å². The third kappa shape index (κ3) is 7.56. The molecule has 2 aromatic rings. The van der Waals surface area contributed by atoms with Crippen LogP contribution in [0.4, 0.5) is 0 Å². The number of rotatable bonds is 8. The molecule has 0 amide bonds. The molecule has 0 spiro atoms. The van der Waals surface area contributed by atoms with E-state index < -0.39 is 6.10 Å². The number of ether oxygens (including phenoxy) is 2. The van der Waals surface area contributed by atoms with Gasteiger partial charge in [0.1, 0.15) is 0 Å². The summed E-state index contributed by atoms with van der Waals surface area (Å²) >= 11 is 6.08. The minimum absolute atomic E-state index is 0. The first-order valence-electron chi connectivity index (χ1n) is 9.18. The molecule has 0 aliphatic rings. The Hall–Kier alpha value is -1.71. The van der Waals surface area contributed by atoms with Crippen LogP contribution < -0.4 is 20.1 Å². The molecule has 0 fully saturated rings. The fourth-order valence-electron chi connectivity index (χ4n) is 2.73. The number of aliphatic hydroxyl groups is 1. The number of hydrogen-bond acceptors (Lipinski definition) is 4. The van der Waals surface area contributed by atoms with Crippen molar-refractivity contribution in [3.05, 3.63) is 58.6 Å². The zero-order chi connectivity index (χ0) is 20.5. The number of hydrogen-bond donors (Lipinski definition) is 3. The van der Waals surface area contributed by atoms with Gasteiger partial charge in [-0.15, -0.1) is 24.0 Å². The van der Waals surface area contributed by atoms with Gasteiger partial charge in [0, 0.05) is 11.6 Å². The molecule has 0 radical (unpaired) electrons. The van der Waals surface area contributed by atoms with Gasteiger partial charge in [0.25, 0.3) is 0 Å². The molecule has 0 heterocycles. The van der Waals surface area contributed by atoms with Crippen molar-refractivity contribution in [2.75, 3.05) is 27.3 Å². The largest absolute Gasteiger partial charge is 0.493 e. The predicted molar refractivity (Wildman–Crippen MR) is 129 cm³/mol. The maximum absolute atomic E-state index is 10.5. The Morgan fingerprint density at radius 1 is 1.10 bits per heavy atom. The molecule has 6 nitrogen and oxygen atoms in total. The minimum Gasteiger partial charge on any atom is -0.493 e. The highest BCUT2D eigenvalue weighted by Gasteiger charge is 2.13. The first kappa shape index (κ1) is 25.3. The molecule has 3 N–H and O–H groups in total. The molecule has 2 unspecified atom stereocenters. The number of nitrogens with one attached hydrogen (secondary N) is 2. The molecule has 2 rings (SSSR count). The van der Waals surface area contributed by atoms with Crippen molar-refractivity contribution in [1.82, 2.24) is 10.6 Å². The lowest BCUT2D eigenvalue weighted by atomic mass is 10.1. The zero-order valence-electron chi connectivity index (χ0n) is 17.1. The maximum atomic E-state index is 10.5. The standard InChI is InChI=1S/C21H28ClN3O3.HI/c1-5-23-21(25-14(2)15-7-6-8-17(22)11-15)24-13-18(26)16-9-10-19(27-3)20(12-16)28-4;/h6-12,14,18,26H,5,13H2,1-4H3,(H2,23,24,25);1H. The van der Waals surface area contributed by atoms with Crippen molar-refractivity contribution in [3.8, 4) is 11.5 Å². The van der Waals surface area contributed by atoms with E-state index >= 15 is 0 Å². The van der Waals surface area contributed by atoms with Gasteiger partial charge < -0.3 is 25.2 Å². The van der Waals surface area contributed by atoms with Crippen molar-refractivity contribution < 1.29 is 14.6 Å². The number of halogens is 2. The lowest BCUT2D eigenvalue weighted by molar-refractivity contribution is 0.186. The van der Waals surface area contributed by atoms with Crippen LogP contribution in [-0.2, 0) is 0 Å². The van der Waals surface area contributed by atoms with Gasteiger partial charge >= 0.3 is 0 Å². The van der Waals surface area contributed by atoms with Crippen molar-refractivity contribution in [2.45, 2.75) is 26.0 Å². The van der Waals surface area contributed by atoms with Gasteiger partial charge in [-0.1, -0.05) is 29.8 Å². The second-order valence-electron chi connectivity index (χ2n) is 6.27. The number of benzene rings is 2. The van der Waals surface area contributed by atoms with Crippen molar-refractivity contribution >= 4 is 41.5 Å². The van der Waals surface area contributed by atoms with Crippen LogP contribution in [0.15, 0.2) is 47.5 Å². The zero-order valence-corrected chi connectivity index (χ0v) is 20.2. The van der Waals surface area contributed by atoms with Crippen molar-refractivity contribution in [1.29, 1.82) is 0 Å². The summed E-state index contributed by atoms with van der Waals surface area (Å²) in [5.74, 6) is 1.81. The van der Waals surface area contributed by atoms with Gasteiger partial charge in [0.2, 0.25) is 0 Å². The monoisotopic (exact) mass is 533 g/mol. The lowest BCUT2D eigenvalue weighted by Crippen LogP contribution is -2.39. The minimum atomic E-state index is -0.767. The molecule has 29 heavy (non-hydrogen) atoms. The summed E-state index contributed by atoms with van der Waals surface area (Å²) in [5, 5.41) is 17.8. The maximum Gasteiger partial charge on any atom is 0.191 e. The van der Waals surface area contributed by atoms with Gasteiger partial charge in [-0.2, -0.15) is 0 Å². The third-order valence-electron chi connectivity index (χ3n) is 4.26. The Kier molecular flexibility index (Phi) is 11.2. The average Bonchev–Trinajstić information content (AvgIpc) is 2.71. The van der Waals surface area contributed by atoms with Gasteiger partial charge in [0.05, 0.1) is 32.9 Å². The number of guanidine groups is 1. The molecule has 2 atom stereocenters. The molecule has 0 aliphatic carbocycles. The number of aliphatic hydroxyl groups excluding tert-OH is 1. The molecule has 8 heteroatoms. The van der Waals surface area contributed by atoms with E-state index in [0.29, 0.717) is 34.6 Å². The second-order valence-corrected chi connectivity index (χ2v) is 6.71. The predicted octanol–water partition coefficient (Wildman–Crippen LogP) is 4.32. The van der Waals surface area contributed by atoms with E-state index in [0.717, 1.165) is 5.56 Å². The SMILES string of the molecule is CCNC(=NCC(O)c1ccc(OC)c(OC)c1)NC(C)c1cccc(Cl)c1.I. The van der Waals surface area contributed by atoms with E-state index in [1.807, 2.05) is 38.1 Å². The van der Waals surface area contributed by atoms with Crippen LogP contribution in [0.1, 0.15) is 37.1 Å². The summed E-state index contributed by atoms with van der Waals surface area (Å²) in [7, 11) is 3.14. The Bertz CT molecular complexity index is 804. The average molecular weight is 534 g/mol. The Morgan fingerprint density at radius 2 is 1.83 bits per heavy atom. The van der Waals surface area contributed by atoms with Crippen molar-refractivity contribution in [3.63, 3.8) is 0 Å². The highest BCUT2D eigenvalue weighted by atomic mass is 127. The summed E-state index contributed by atoms with van der Waals surface area (Å²) in [6.07, 6.45) is -0.767. The van der Waals surface area contributed by atoms with Gasteiger partial charge in [-0.3, -0.25) is 4.99 Å². The molecular formula is C21H29ClIN3O3. The van der Waals surface area contributed by atoms with E-state index in [2.05, 4.69) is 15.6 Å². The van der Waals surface area contributed by atoms with Gasteiger partial charge in [-0.25, -0.2) is 0 Å². The Labute approximate surface area is 194 Å². The normalized spacial score (nSPS) is 13.1. The van der Waals surface area contributed by atoms with Gasteiger partial charge in [-0.05, 0) is 49.2 Å². The fourth-order valence-corrected chi connectivity index (χ4v) is 2.93. The number of aliphatic imine (C=N–C) groups is 1. The van der Waals surface area contributed by atoms with Gasteiger partial charge in [0.15, 0.2) is 17.5 Å². The van der Waals surface area contributed by atoms with Crippen LogP contribution in [0, 0.1) is 0 Å². The highest BCUT2D eigenvalue weighted by Crippen LogP contribution is 2.30. The molecule has 0 saturated carbocycles. The van der Waals surface area contributed by atoms with Crippen molar-refractivity contribution in [2.24, 2.45) is 4.99 Å². The Balaban J connectivity index is 0.00000420. The van der Waals surface area contributed by atoms with Crippen LogP contribution in [0.25, 0.3) is 0 Å². The van der Waals surface area contributed by atoms with Crippen LogP contribution in [0.5, 0.6) is 11.5 Å². The quantitative estimate of drug-likeness (QED) is 0.268. The molecule has 2 aromatic carbocycles. The number of methoxy groups -OCH3 is 2. The van der Waals surface area contributed by atoms with E-state index in [-0.39, 0.29) is 36.6 Å². The summed E-state index contributed by atoms with van der Waals surface area (Å²) < 4.78 is 10.5. The first-order chi connectivity index (χ1) is 13.5. The molecule has 0 saturated heterocycles. The summed E-state index contributed by atoms with van der Waals surface area (Å²) in [4.78, 5) is 4.52. The van der Waals surface area contributed by atoms with Crippen LogP contribution in [0.3, 0.4) is 0 Å². The summed E-state index contributed by atoms with van der Waals surface area (Å²) in [5.41, 5.74) is 1.76. The summed E-state index contributed by atoms with van der Waals surface area (Å²) in [6, 6.07) is 13.0. The highest BCUT2D eigenvalue weighted by molar-refractivity contribution is 14.0. The molecule has 160 valence electrons. The van der Waals surface area contributed by atoms with Crippen LogP contribution >= 0.6 is 35.6 Å². The van der Waals surface area contributed by atoms with E-state index in [1.54, 1.807) is 32.4 Å². The van der Waals surface area contributed by atoms with E-state index in [9.17, 15) is 5.11 Å². The second kappa shape index (κ2) is 12.8. The molecule has 0 aliphatic heterocycles. The smallest absolute Gasteiger partial charge is 0.191 e. The summed E-state index contributed by atoms with van der Waals surface area (Å²) in [6.45, 7) is 4.93. The molecule has 0 bridgehead atoms. The fraction of sp³-hybridized carbons (Fsp3) is 0.381. The Morgan fingerprint density at radius 3 is 2.45 bits per heavy atom. The number of nitrogens with zero attached hydrogens (tertiary/aromatic N) is 1. The lowest BCUT2D eigenvalue weighted by Gasteiger charge is -2.19. The van der Waals surface area contributed by atoms with E-state index in [4.69, 9.17) is 21.1 Å². The molecule has 0 aromatic heterocycles. The van der Waals surface area contributed by atoms with Crippen LogP contribution in [-0.4, -0.2) is 38.4 Å².